The summed E-state index contributed by atoms with van der Waals surface area (Å²) in [7, 11) is 0. The van der Waals surface area contributed by atoms with E-state index in [2.05, 4.69) is 0 Å². The molecule has 0 aliphatic carbocycles. The molecule has 0 fully saturated rings. The molecule has 1 unspecified atom stereocenters. The number of rotatable bonds is 2. The van der Waals surface area contributed by atoms with Crippen LogP contribution >= 0.6 is 46.4 Å². The maximum Gasteiger partial charge on any atom is 0.234 e. The molecule has 1 heterocycles. The first-order valence-corrected chi connectivity index (χ1v) is 6.97. The average molecular weight is 350 g/mol. The van der Waals surface area contributed by atoms with E-state index in [4.69, 9.17) is 46.4 Å². The Morgan fingerprint density at radius 3 is 2.35 bits per heavy atom. The summed E-state index contributed by atoms with van der Waals surface area (Å²) in [6.07, 6.45) is 1.52. The van der Waals surface area contributed by atoms with Crippen LogP contribution < -0.4 is 0 Å². The Bertz CT molecular complexity index is 670. The van der Waals surface area contributed by atoms with Gasteiger partial charge in [-0.2, -0.15) is 5.26 Å². The Hall–Kier alpha value is -0.890. The zero-order valence-electron chi connectivity index (χ0n) is 9.89. The number of hydrogen-bond acceptors (Lipinski definition) is 2. The first-order valence-electron chi connectivity index (χ1n) is 5.46. The molecule has 0 aliphatic rings. The monoisotopic (exact) mass is 348 g/mol. The molecule has 0 saturated carbocycles. The van der Waals surface area contributed by atoms with Gasteiger partial charge in [-0.25, -0.2) is 0 Å². The van der Waals surface area contributed by atoms with Gasteiger partial charge in [0.1, 0.15) is 6.07 Å². The molecule has 1 atom stereocenters. The second-order valence-corrected chi connectivity index (χ2v) is 6.82. The van der Waals surface area contributed by atoms with E-state index in [9.17, 15) is 10.4 Å². The Morgan fingerprint density at radius 1 is 1.15 bits per heavy atom. The lowest BCUT2D eigenvalue weighted by molar-refractivity contribution is 0.109. The minimum absolute atomic E-state index is 0.325. The van der Waals surface area contributed by atoms with E-state index in [0.717, 1.165) is 0 Å². The van der Waals surface area contributed by atoms with Crippen molar-refractivity contribution in [1.29, 1.82) is 5.26 Å². The summed E-state index contributed by atoms with van der Waals surface area (Å²) in [4.78, 5) is 0. The maximum absolute atomic E-state index is 9.93. The van der Waals surface area contributed by atoms with Gasteiger partial charge >= 0.3 is 0 Å². The van der Waals surface area contributed by atoms with Crippen molar-refractivity contribution in [3.63, 3.8) is 0 Å². The van der Waals surface area contributed by atoms with Crippen molar-refractivity contribution in [3.8, 4) is 17.2 Å². The van der Waals surface area contributed by atoms with Crippen LogP contribution in [0.4, 0.5) is 0 Å². The number of aliphatic hydroxyl groups excluding tert-OH is 1. The molecule has 0 saturated heterocycles. The lowest BCUT2D eigenvalue weighted by Crippen LogP contribution is -2.21. The summed E-state index contributed by atoms with van der Waals surface area (Å²) in [5.41, 5.74) is 1.55. The topological polar surface area (TPSA) is 49.0 Å². The quantitative estimate of drug-likeness (QED) is 0.809. The molecule has 0 spiro atoms. The minimum Gasteiger partial charge on any atom is -0.369 e. The molecule has 2 aromatic rings. The van der Waals surface area contributed by atoms with Crippen molar-refractivity contribution in [1.82, 2.24) is 4.57 Å². The molecule has 1 N–H and O–H groups in total. The Labute approximate surface area is 135 Å². The van der Waals surface area contributed by atoms with Gasteiger partial charge < -0.3 is 9.67 Å². The molecule has 3 nitrogen and oxygen atoms in total. The van der Waals surface area contributed by atoms with Crippen LogP contribution in [-0.4, -0.2) is 13.5 Å². The smallest absolute Gasteiger partial charge is 0.234 e. The molecular weight excluding hydrogens is 342 g/mol. The van der Waals surface area contributed by atoms with Gasteiger partial charge in [-0.15, -0.1) is 0 Å². The molecule has 7 heteroatoms. The third-order valence-corrected chi connectivity index (χ3v) is 3.62. The second-order valence-electron chi connectivity index (χ2n) is 4.04. The van der Waals surface area contributed by atoms with Crippen molar-refractivity contribution in [2.75, 3.05) is 0 Å². The van der Waals surface area contributed by atoms with Crippen LogP contribution in [0.5, 0.6) is 0 Å². The van der Waals surface area contributed by atoms with Gasteiger partial charge in [0.25, 0.3) is 0 Å². The standard InChI is InChI=1S/C13H8Cl4N2O/c14-11-4-2-1-3-9(11)10-7-19(6-8(10)5-18)12(20)13(15,16)17/h1-4,6-7,12,20H. The van der Waals surface area contributed by atoms with Gasteiger partial charge in [0.15, 0.2) is 6.23 Å². The summed E-state index contributed by atoms with van der Waals surface area (Å²) >= 11 is 23.1. The van der Waals surface area contributed by atoms with Gasteiger partial charge in [-0.3, -0.25) is 0 Å². The summed E-state index contributed by atoms with van der Waals surface area (Å²) in [5, 5.41) is 19.6. The summed E-state index contributed by atoms with van der Waals surface area (Å²) < 4.78 is -0.631. The fourth-order valence-corrected chi connectivity index (χ4v) is 2.34. The van der Waals surface area contributed by atoms with E-state index in [0.29, 0.717) is 21.7 Å². The first kappa shape index (κ1) is 15.5. The molecular formula is C13H8Cl4N2O. The number of benzene rings is 1. The van der Waals surface area contributed by atoms with Crippen LogP contribution in [0, 0.1) is 11.3 Å². The molecule has 1 aromatic carbocycles. The van der Waals surface area contributed by atoms with Gasteiger partial charge in [0, 0.05) is 28.5 Å². The Morgan fingerprint density at radius 2 is 1.80 bits per heavy atom. The zero-order chi connectivity index (χ0) is 14.9. The predicted molar refractivity (Wildman–Crippen MR) is 81.1 cm³/mol. The highest BCUT2D eigenvalue weighted by Crippen LogP contribution is 2.39. The molecule has 0 radical (unpaired) electrons. The highest BCUT2D eigenvalue weighted by atomic mass is 35.6. The molecule has 104 valence electrons. The highest BCUT2D eigenvalue weighted by molar-refractivity contribution is 6.67. The summed E-state index contributed by atoms with van der Waals surface area (Å²) in [5.74, 6) is 0. The fraction of sp³-hybridized carbons (Fsp3) is 0.154. The molecule has 0 amide bonds. The molecule has 0 aliphatic heterocycles. The Balaban J connectivity index is 2.54. The van der Waals surface area contributed by atoms with E-state index < -0.39 is 10.0 Å². The molecule has 2 rings (SSSR count). The number of halogens is 4. The maximum atomic E-state index is 9.93. The van der Waals surface area contributed by atoms with Crippen LogP contribution in [0.3, 0.4) is 0 Å². The predicted octanol–water partition coefficient (Wildman–Crippen LogP) is 4.54. The number of hydrogen-bond donors (Lipinski definition) is 1. The highest BCUT2D eigenvalue weighted by Gasteiger charge is 2.32. The molecule has 20 heavy (non-hydrogen) atoms. The number of alkyl halides is 3. The van der Waals surface area contributed by atoms with E-state index in [1.807, 2.05) is 6.07 Å². The summed E-state index contributed by atoms with van der Waals surface area (Å²) in [6.45, 7) is 0. The number of aromatic nitrogens is 1. The van der Waals surface area contributed by atoms with E-state index in [1.54, 1.807) is 24.3 Å². The van der Waals surface area contributed by atoms with Crippen LogP contribution in [0.25, 0.3) is 11.1 Å². The zero-order valence-corrected chi connectivity index (χ0v) is 12.9. The van der Waals surface area contributed by atoms with E-state index in [1.165, 1.54) is 17.0 Å². The first-order chi connectivity index (χ1) is 9.34. The third-order valence-electron chi connectivity index (χ3n) is 2.71. The third kappa shape index (κ3) is 3.06. The molecule has 1 aromatic heterocycles. The lowest BCUT2D eigenvalue weighted by Gasteiger charge is -2.20. The van der Waals surface area contributed by atoms with Crippen LogP contribution in [0.2, 0.25) is 5.02 Å². The van der Waals surface area contributed by atoms with E-state index >= 15 is 0 Å². The van der Waals surface area contributed by atoms with Gasteiger partial charge in [0.2, 0.25) is 3.79 Å². The molecule has 0 bridgehead atoms. The van der Waals surface area contributed by atoms with Crippen molar-refractivity contribution in [3.05, 3.63) is 47.2 Å². The second kappa shape index (κ2) is 5.85. The van der Waals surface area contributed by atoms with Gasteiger partial charge in [-0.05, 0) is 6.07 Å². The van der Waals surface area contributed by atoms with Crippen molar-refractivity contribution >= 4 is 46.4 Å². The fourth-order valence-electron chi connectivity index (χ4n) is 1.77. The van der Waals surface area contributed by atoms with Crippen LogP contribution in [0.15, 0.2) is 36.7 Å². The largest absolute Gasteiger partial charge is 0.369 e. The Kier molecular flexibility index (Phi) is 4.53. The van der Waals surface area contributed by atoms with Gasteiger partial charge in [-0.1, -0.05) is 64.6 Å². The number of nitriles is 1. The number of nitrogens with zero attached hydrogens (tertiary/aromatic N) is 2. The minimum atomic E-state index is -1.90. The summed E-state index contributed by atoms with van der Waals surface area (Å²) in [6, 6.07) is 9.09. The lowest BCUT2D eigenvalue weighted by atomic mass is 10.1. The van der Waals surface area contributed by atoms with Crippen molar-refractivity contribution < 1.29 is 5.11 Å². The average Bonchev–Trinajstić information content (AvgIpc) is 2.81. The SMILES string of the molecule is N#Cc1cn(C(O)C(Cl)(Cl)Cl)cc1-c1ccccc1Cl. The normalized spacial score (nSPS) is 13.0. The van der Waals surface area contributed by atoms with Crippen LogP contribution in [-0.2, 0) is 0 Å². The van der Waals surface area contributed by atoms with Crippen molar-refractivity contribution in [2.45, 2.75) is 10.0 Å². The number of aliphatic hydroxyl groups is 1. The van der Waals surface area contributed by atoms with Gasteiger partial charge in [0.05, 0.1) is 5.56 Å². The van der Waals surface area contributed by atoms with Crippen LogP contribution in [0.1, 0.15) is 11.8 Å². The van der Waals surface area contributed by atoms with E-state index in [-0.39, 0.29) is 0 Å². The van der Waals surface area contributed by atoms with Crippen molar-refractivity contribution in [2.24, 2.45) is 0 Å².